The lowest BCUT2D eigenvalue weighted by Gasteiger charge is -2.37. The molecule has 1 heterocycles. The first-order chi connectivity index (χ1) is 15.6. The van der Waals surface area contributed by atoms with E-state index >= 15 is 0 Å². The van der Waals surface area contributed by atoms with Crippen LogP contribution >= 0.6 is 0 Å². The Bertz CT molecular complexity index is 1170. The summed E-state index contributed by atoms with van der Waals surface area (Å²) in [5, 5.41) is 7.13. The van der Waals surface area contributed by atoms with Gasteiger partial charge in [0.25, 0.3) is 5.91 Å². The number of hydrogen-bond donors (Lipinski definition) is 2. The molecular weight excluding hydrogens is 405 g/mol. The second-order valence-corrected chi connectivity index (χ2v) is 8.63. The number of fused-ring (bicyclic) bond motifs is 2. The van der Waals surface area contributed by atoms with E-state index in [1.54, 1.807) is 24.3 Å². The van der Waals surface area contributed by atoms with E-state index in [0.29, 0.717) is 35.5 Å². The topological polar surface area (TPSA) is 61.4 Å². The van der Waals surface area contributed by atoms with Crippen molar-refractivity contribution in [1.82, 2.24) is 15.5 Å². The monoisotopic (exact) mass is 431 g/mol. The van der Waals surface area contributed by atoms with E-state index in [-0.39, 0.29) is 23.7 Å². The zero-order valence-electron chi connectivity index (χ0n) is 17.8. The van der Waals surface area contributed by atoms with Gasteiger partial charge < -0.3 is 10.6 Å². The molecule has 1 fully saturated rings. The van der Waals surface area contributed by atoms with Crippen LogP contribution in [0.15, 0.2) is 60.7 Å². The fourth-order valence-electron chi connectivity index (χ4n) is 4.56. The summed E-state index contributed by atoms with van der Waals surface area (Å²) >= 11 is 0. The van der Waals surface area contributed by atoms with Crippen LogP contribution in [-0.4, -0.2) is 42.4 Å². The Balaban J connectivity index is 1.36. The van der Waals surface area contributed by atoms with E-state index in [1.165, 1.54) is 17.7 Å². The fourth-order valence-corrected chi connectivity index (χ4v) is 4.56. The minimum absolute atomic E-state index is 0.0349. The van der Waals surface area contributed by atoms with Gasteiger partial charge in [-0.2, -0.15) is 0 Å². The van der Waals surface area contributed by atoms with E-state index in [1.807, 2.05) is 12.1 Å². The maximum absolute atomic E-state index is 14.2. The Morgan fingerprint density at radius 1 is 0.969 bits per heavy atom. The molecule has 0 spiro atoms. The van der Waals surface area contributed by atoms with Crippen molar-refractivity contribution >= 4 is 22.6 Å². The van der Waals surface area contributed by atoms with Gasteiger partial charge in [-0.25, -0.2) is 4.39 Å². The molecular formula is C26H26FN3O2. The van der Waals surface area contributed by atoms with Crippen molar-refractivity contribution in [3.8, 4) is 0 Å². The third-order valence-electron chi connectivity index (χ3n) is 6.38. The van der Waals surface area contributed by atoms with Gasteiger partial charge in [0.1, 0.15) is 5.82 Å². The molecule has 1 unspecified atom stereocenters. The third kappa shape index (κ3) is 4.23. The summed E-state index contributed by atoms with van der Waals surface area (Å²) in [4.78, 5) is 27.7. The lowest BCUT2D eigenvalue weighted by molar-refractivity contribution is -0.123. The fraction of sp³-hybridized carbons (Fsp3) is 0.308. The van der Waals surface area contributed by atoms with E-state index in [4.69, 9.17) is 0 Å². The van der Waals surface area contributed by atoms with Crippen LogP contribution in [-0.2, 0) is 11.2 Å². The van der Waals surface area contributed by atoms with E-state index < -0.39 is 0 Å². The summed E-state index contributed by atoms with van der Waals surface area (Å²) in [5.74, 6) is -0.550. The summed E-state index contributed by atoms with van der Waals surface area (Å²) < 4.78 is 14.2. The molecule has 1 saturated carbocycles. The van der Waals surface area contributed by atoms with Gasteiger partial charge in [0.2, 0.25) is 5.91 Å². The normalized spacial score (nSPS) is 18.2. The molecule has 5 nitrogen and oxygen atoms in total. The van der Waals surface area contributed by atoms with Gasteiger partial charge in [0.15, 0.2) is 0 Å². The molecule has 6 heteroatoms. The highest BCUT2D eigenvalue weighted by Crippen LogP contribution is 2.30. The first kappa shape index (κ1) is 20.6. The highest BCUT2D eigenvalue weighted by atomic mass is 19.1. The summed E-state index contributed by atoms with van der Waals surface area (Å²) in [6, 6.07) is 18.3. The van der Waals surface area contributed by atoms with Gasteiger partial charge in [-0.1, -0.05) is 48.5 Å². The maximum Gasteiger partial charge on any atom is 0.251 e. The molecule has 1 aliphatic carbocycles. The molecule has 2 N–H and O–H groups in total. The number of carbonyl (C=O) groups is 2. The number of nitrogens with zero attached hydrogens (tertiary/aromatic N) is 1. The van der Waals surface area contributed by atoms with Crippen LogP contribution in [0, 0.1) is 5.82 Å². The molecule has 0 saturated heterocycles. The number of carbonyl (C=O) groups excluding carboxylic acids is 2. The average molecular weight is 432 g/mol. The minimum Gasteiger partial charge on any atom is -0.352 e. The van der Waals surface area contributed by atoms with Crippen molar-refractivity contribution in [2.24, 2.45) is 0 Å². The van der Waals surface area contributed by atoms with E-state index in [0.717, 1.165) is 31.4 Å². The first-order valence-corrected chi connectivity index (χ1v) is 11.2. The zero-order valence-corrected chi connectivity index (χ0v) is 17.8. The second-order valence-electron chi connectivity index (χ2n) is 8.63. The highest BCUT2D eigenvalue weighted by molar-refractivity contribution is 6.07. The van der Waals surface area contributed by atoms with E-state index in [2.05, 4.69) is 27.7 Å². The van der Waals surface area contributed by atoms with Gasteiger partial charge >= 0.3 is 0 Å². The Morgan fingerprint density at radius 3 is 2.53 bits per heavy atom. The first-order valence-electron chi connectivity index (χ1n) is 11.2. The van der Waals surface area contributed by atoms with Crippen molar-refractivity contribution in [3.05, 3.63) is 83.2 Å². The smallest absolute Gasteiger partial charge is 0.251 e. The molecule has 3 aromatic rings. The molecule has 0 aromatic heterocycles. The second kappa shape index (κ2) is 8.71. The number of nitrogens with one attached hydrogen (secondary N) is 2. The molecule has 1 aliphatic heterocycles. The maximum atomic E-state index is 14.2. The zero-order chi connectivity index (χ0) is 22.1. The molecule has 164 valence electrons. The standard InChI is InChI=1S/C26H26FN3O2/c27-23-12-11-22(20-7-3-4-8-21(20)23)26(32)28-15-24-19-6-2-1-5-17(19)13-14-30(24)16-25(31)29-18-9-10-18/h1-8,11-12,18,24H,9-10,13-16H2,(H,28,32)(H,29,31). The van der Waals surface area contributed by atoms with Crippen LogP contribution in [0.3, 0.4) is 0 Å². The summed E-state index contributed by atoms with van der Waals surface area (Å²) in [6.07, 6.45) is 2.99. The molecule has 0 radical (unpaired) electrons. The highest BCUT2D eigenvalue weighted by Gasteiger charge is 2.31. The lowest BCUT2D eigenvalue weighted by atomic mass is 9.92. The average Bonchev–Trinajstić information content (AvgIpc) is 3.62. The van der Waals surface area contributed by atoms with Crippen molar-refractivity contribution < 1.29 is 14.0 Å². The molecule has 2 amide bonds. The van der Waals surface area contributed by atoms with Crippen molar-refractivity contribution in [3.63, 3.8) is 0 Å². The van der Waals surface area contributed by atoms with E-state index in [9.17, 15) is 14.0 Å². The molecule has 3 aromatic carbocycles. The Labute approximate surface area is 186 Å². The van der Waals surface area contributed by atoms with Crippen LogP contribution in [0.25, 0.3) is 10.8 Å². The molecule has 0 bridgehead atoms. The van der Waals surface area contributed by atoms with Gasteiger partial charge in [-0.05, 0) is 47.9 Å². The van der Waals surface area contributed by atoms with Crippen LogP contribution in [0.2, 0.25) is 0 Å². The summed E-state index contributed by atoms with van der Waals surface area (Å²) in [5.41, 5.74) is 2.84. The van der Waals surface area contributed by atoms with Crippen LogP contribution in [0.4, 0.5) is 4.39 Å². The van der Waals surface area contributed by atoms with Crippen molar-refractivity contribution in [2.75, 3.05) is 19.6 Å². The molecule has 32 heavy (non-hydrogen) atoms. The van der Waals surface area contributed by atoms with Gasteiger partial charge in [-0.15, -0.1) is 0 Å². The number of hydrogen-bond acceptors (Lipinski definition) is 3. The minimum atomic E-state index is -0.341. The van der Waals surface area contributed by atoms with Crippen LogP contribution < -0.4 is 10.6 Å². The number of halogens is 1. The predicted molar refractivity (Wildman–Crippen MR) is 122 cm³/mol. The number of rotatable bonds is 6. The van der Waals surface area contributed by atoms with Crippen LogP contribution in [0.5, 0.6) is 0 Å². The van der Waals surface area contributed by atoms with Crippen molar-refractivity contribution in [2.45, 2.75) is 31.3 Å². The lowest BCUT2D eigenvalue weighted by Crippen LogP contribution is -2.46. The largest absolute Gasteiger partial charge is 0.352 e. The van der Waals surface area contributed by atoms with Crippen molar-refractivity contribution in [1.29, 1.82) is 0 Å². The molecule has 5 rings (SSSR count). The third-order valence-corrected chi connectivity index (χ3v) is 6.38. The number of amides is 2. The molecule has 1 atom stereocenters. The Morgan fingerprint density at radius 2 is 1.72 bits per heavy atom. The van der Waals surface area contributed by atoms with Crippen LogP contribution in [0.1, 0.15) is 40.4 Å². The Hall–Kier alpha value is -3.25. The SMILES string of the molecule is O=C(CN1CCc2ccccc2C1CNC(=O)c1ccc(F)c2ccccc12)NC1CC1. The summed E-state index contributed by atoms with van der Waals surface area (Å²) in [7, 11) is 0. The van der Waals surface area contributed by atoms with Gasteiger partial charge in [0, 0.05) is 30.1 Å². The quantitative estimate of drug-likeness (QED) is 0.627. The summed E-state index contributed by atoms with van der Waals surface area (Å²) in [6.45, 7) is 1.44. The predicted octanol–water partition coefficient (Wildman–Crippen LogP) is 3.59. The van der Waals surface area contributed by atoms with Gasteiger partial charge in [-0.3, -0.25) is 14.5 Å². The van der Waals surface area contributed by atoms with Gasteiger partial charge in [0.05, 0.1) is 12.6 Å². The molecule has 2 aliphatic rings. The Kier molecular flexibility index (Phi) is 5.62. The number of benzene rings is 3.